The van der Waals surface area contributed by atoms with Crippen LogP contribution < -0.4 is 5.32 Å². The maximum atomic E-state index is 12.4. The van der Waals surface area contributed by atoms with Crippen LogP contribution in [-0.4, -0.2) is 63.9 Å². The predicted molar refractivity (Wildman–Crippen MR) is 97.4 cm³/mol. The second-order valence-electron chi connectivity index (χ2n) is 6.92. The summed E-state index contributed by atoms with van der Waals surface area (Å²) in [4.78, 5) is 14.3. The average molecular weight is 380 g/mol. The molecule has 0 saturated carbocycles. The fourth-order valence-electron chi connectivity index (χ4n) is 3.21. The molecule has 0 bridgehead atoms. The summed E-state index contributed by atoms with van der Waals surface area (Å²) >= 11 is 0. The zero-order chi connectivity index (χ0) is 18.9. The summed E-state index contributed by atoms with van der Waals surface area (Å²) in [5, 5.41) is 11.4. The molecule has 1 saturated heterocycles. The van der Waals surface area contributed by atoms with Crippen LogP contribution >= 0.6 is 0 Å². The van der Waals surface area contributed by atoms with Gasteiger partial charge in [0.05, 0.1) is 36.0 Å². The summed E-state index contributed by atoms with van der Waals surface area (Å²) in [5.74, 6) is 0.609. The number of nitrogens with one attached hydrogen (secondary N) is 1. The Labute approximate surface area is 152 Å². The van der Waals surface area contributed by atoms with Crippen LogP contribution in [0, 0.1) is 6.92 Å². The Morgan fingerprint density at radius 3 is 2.85 bits per heavy atom. The van der Waals surface area contributed by atoms with Gasteiger partial charge >= 0.3 is 0 Å². The molecule has 0 spiro atoms. The van der Waals surface area contributed by atoms with E-state index in [0.29, 0.717) is 18.8 Å². The number of carbonyl (C=O) groups is 1. The molecule has 1 N–H and O–H groups in total. The number of hydrogen-bond acceptors (Lipinski definition) is 6. The fraction of sp³-hybridized carbons (Fsp3) is 0.562. The maximum Gasteiger partial charge on any atom is 0.239 e. The Balaban J connectivity index is 1.62. The van der Waals surface area contributed by atoms with Crippen LogP contribution in [0.1, 0.15) is 23.7 Å². The van der Waals surface area contributed by atoms with Crippen LogP contribution in [0.2, 0.25) is 0 Å². The molecular formula is C16H24N6O3S. The van der Waals surface area contributed by atoms with Gasteiger partial charge in [-0.1, -0.05) is 0 Å². The van der Waals surface area contributed by atoms with Crippen LogP contribution in [0.4, 0.5) is 5.82 Å². The van der Waals surface area contributed by atoms with Crippen molar-refractivity contribution in [2.24, 2.45) is 7.05 Å². The van der Waals surface area contributed by atoms with Crippen molar-refractivity contribution in [1.29, 1.82) is 0 Å². The zero-order valence-corrected chi connectivity index (χ0v) is 16.0. The summed E-state index contributed by atoms with van der Waals surface area (Å²) < 4.78 is 26.8. The number of rotatable bonds is 6. The summed E-state index contributed by atoms with van der Waals surface area (Å²) in [6, 6.07) is 1.54. The third-order valence-electron chi connectivity index (χ3n) is 4.30. The molecule has 1 fully saturated rings. The molecule has 0 aliphatic carbocycles. The minimum absolute atomic E-state index is 0.0674. The van der Waals surface area contributed by atoms with Crippen molar-refractivity contribution in [2.45, 2.75) is 25.9 Å². The molecule has 10 heteroatoms. The van der Waals surface area contributed by atoms with E-state index >= 15 is 0 Å². The van der Waals surface area contributed by atoms with E-state index in [1.54, 1.807) is 21.6 Å². The van der Waals surface area contributed by atoms with Crippen LogP contribution in [0.15, 0.2) is 18.5 Å². The summed E-state index contributed by atoms with van der Waals surface area (Å²) in [6.45, 7) is 2.65. The lowest BCUT2D eigenvalue weighted by molar-refractivity contribution is -0.117. The average Bonchev–Trinajstić information content (AvgIpc) is 3.18. The Morgan fingerprint density at radius 1 is 1.46 bits per heavy atom. The van der Waals surface area contributed by atoms with Gasteiger partial charge in [-0.3, -0.25) is 14.4 Å². The second-order valence-corrected chi connectivity index (χ2v) is 9.14. The van der Waals surface area contributed by atoms with Crippen LogP contribution in [0.5, 0.6) is 0 Å². The van der Waals surface area contributed by atoms with E-state index in [-0.39, 0.29) is 30.0 Å². The van der Waals surface area contributed by atoms with Crippen molar-refractivity contribution in [3.8, 4) is 0 Å². The van der Waals surface area contributed by atoms with E-state index in [0.717, 1.165) is 11.3 Å². The lowest BCUT2D eigenvalue weighted by Gasteiger charge is -2.17. The first kappa shape index (κ1) is 18.6. The Bertz CT molecular complexity index is 901. The Morgan fingerprint density at radius 2 is 2.23 bits per heavy atom. The van der Waals surface area contributed by atoms with Gasteiger partial charge in [0.1, 0.15) is 5.82 Å². The number of hydrogen-bond donors (Lipinski definition) is 1. The van der Waals surface area contributed by atoms with Gasteiger partial charge in [0, 0.05) is 31.4 Å². The van der Waals surface area contributed by atoms with Gasteiger partial charge in [0.2, 0.25) is 5.91 Å². The molecule has 1 unspecified atom stereocenters. The zero-order valence-electron chi connectivity index (χ0n) is 15.2. The van der Waals surface area contributed by atoms with Gasteiger partial charge in [-0.25, -0.2) is 13.1 Å². The van der Waals surface area contributed by atoms with Gasteiger partial charge in [-0.15, -0.1) is 0 Å². The van der Waals surface area contributed by atoms with Gasteiger partial charge in [0.15, 0.2) is 9.84 Å². The molecule has 1 aliphatic rings. The molecule has 2 aromatic heterocycles. The highest BCUT2D eigenvalue weighted by atomic mass is 32.2. The number of aryl methyl sites for hydroxylation is 2. The van der Waals surface area contributed by atoms with E-state index < -0.39 is 9.84 Å². The van der Waals surface area contributed by atoms with Gasteiger partial charge < -0.3 is 5.32 Å². The van der Waals surface area contributed by atoms with Gasteiger partial charge in [-0.05, 0) is 20.4 Å². The highest BCUT2D eigenvalue weighted by Crippen LogP contribution is 2.27. The molecular weight excluding hydrogens is 356 g/mol. The molecule has 3 rings (SSSR count). The summed E-state index contributed by atoms with van der Waals surface area (Å²) in [7, 11) is 0.689. The molecule has 9 nitrogen and oxygen atoms in total. The van der Waals surface area contributed by atoms with Crippen LogP contribution in [-0.2, 0) is 28.2 Å². The van der Waals surface area contributed by atoms with Crippen molar-refractivity contribution in [2.75, 3.05) is 30.4 Å². The minimum atomic E-state index is -3.02. The van der Waals surface area contributed by atoms with Crippen molar-refractivity contribution in [3.05, 3.63) is 29.7 Å². The number of anilines is 1. The Kier molecular flexibility index (Phi) is 5.15. The Hall–Kier alpha value is -2.20. The first-order valence-electron chi connectivity index (χ1n) is 8.44. The highest BCUT2D eigenvalue weighted by molar-refractivity contribution is 7.91. The first-order valence-corrected chi connectivity index (χ1v) is 10.3. The lowest BCUT2D eigenvalue weighted by atomic mass is 10.3. The van der Waals surface area contributed by atoms with Crippen LogP contribution in [0.25, 0.3) is 0 Å². The van der Waals surface area contributed by atoms with E-state index in [4.69, 9.17) is 0 Å². The van der Waals surface area contributed by atoms with E-state index in [1.165, 1.54) is 0 Å². The molecule has 0 radical (unpaired) electrons. The molecule has 26 heavy (non-hydrogen) atoms. The number of likely N-dealkylation sites (N-methyl/N-ethyl adjacent to an activating group) is 1. The van der Waals surface area contributed by atoms with E-state index in [2.05, 4.69) is 15.5 Å². The summed E-state index contributed by atoms with van der Waals surface area (Å²) in [5.41, 5.74) is 1.77. The van der Waals surface area contributed by atoms with Crippen molar-refractivity contribution >= 4 is 21.6 Å². The monoisotopic (exact) mass is 380 g/mol. The van der Waals surface area contributed by atoms with E-state index in [1.807, 2.05) is 32.1 Å². The number of carbonyl (C=O) groups excluding carboxylic acids is 1. The molecule has 1 amide bonds. The molecule has 2 aromatic rings. The first-order chi connectivity index (χ1) is 12.2. The topological polar surface area (TPSA) is 102 Å². The van der Waals surface area contributed by atoms with Crippen molar-refractivity contribution in [1.82, 2.24) is 24.5 Å². The predicted octanol–water partition coefficient (Wildman–Crippen LogP) is 0.355. The number of sulfone groups is 1. The van der Waals surface area contributed by atoms with E-state index in [9.17, 15) is 13.2 Å². The third kappa shape index (κ3) is 4.50. The smallest absolute Gasteiger partial charge is 0.239 e. The molecule has 0 aromatic carbocycles. The number of amides is 1. The van der Waals surface area contributed by atoms with Gasteiger partial charge in [-0.2, -0.15) is 10.2 Å². The fourth-order valence-corrected chi connectivity index (χ4v) is 4.90. The number of nitrogens with zero attached hydrogens (tertiary/aromatic N) is 5. The normalized spacial score (nSPS) is 19.2. The van der Waals surface area contributed by atoms with Crippen LogP contribution in [0.3, 0.4) is 0 Å². The molecule has 3 heterocycles. The third-order valence-corrected chi connectivity index (χ3v) is 6.05. The lowest BCUT2D eigenvalue weighted by Crippen LogP contribution is -2.30. The van der Waals surface area contributed by atoms with Crippen molar-refractivity contribution < 1.29 is 13.2 Å². The minimum Gasteiger partial charge on any atom is -0.310 e. The second kappa shape index (κ2) is 7.20. The number of aromatic nitrogens is 4. The largest absolute Gasteiger partial charge is 0.310 e. The summed E-state index contributed by atoms with van der Waals surface area (Å²) in [6.07, 6.45) is 4.20. The standard InChI is InChI=1S/C16H24N6O3S/c1-12-6-15(22(19-12)14-4-5-26(24,25)11-14)18-16(23)10-20(2)8-13-7-17-21(3)9-13/h6-7,9,14H,4-5,8,10-11H2,1-3H3,(H,18,23). The molecule has 1 atom stereocenters. The molecule has 142 valence electrons. The quantitative estimate of drug-likeness (QED) is 0.776. The van der Waals surface area contributed by atoms with Gasteiger partial charge in [0.25, 0.3) is 0 Å². The SMILES string of the molecule is Cc1cc(NC(=O)CN(C)Cc2cnn(C)c2)n(C2CCS(=O)(=O)C2)n1. The highest BCUT2D eigenvalue weighted by Gasteiger charge is 2.31. The van der Waals surface area contributed by atoms with Crippen molar-refractivity contribution in [3.63, 3.8) is 0 Å². The molecule has 1 aliphatic heterocycles. The maximum absolute atomic E-state index is 12.4.